The number of hydrogen-bond acceptors (Lipinski definition) is 2. The van der Waals surface area contributed by atoms with E-state index in [1.54, 1.807) is 12.4 Å². The Morgan fingerprint density at radius 3 is 1.81 bits per heavy atom. The summed E-state index contributed by atoms with van der Waals surface area (Å²) >= 11 is -2.90. The van der Waals surface area contributed by atoms with Crippen LogP contribution in [-0.2, 0) is 0 Å². The zero-order valence-corrected chi connectivity index (χ0v) is 19.6. The van der Waals surface area contributed by atoms with Crippen LogP contribution in [0, 0.1) is 0 Å². The molecule has 0 saturated heterocycles. The van der Waals surface area contributed by atoms with E-state index in [1.807, 2.05) is 30.3 Å². The maximum Gasteiger partial charge on any atom is 0.0964 e. The van der Waals surface area contributed by atoms with Gasteiger partial charge in [0.2, 0.25) is 0 Å². The van der Waals surface area contributed by atoms with Crippen molar-refractivity contribution in [1.29, 1.82) is 0 Å². The van der Waals surface area contributed by atoms with Crippen molar-refractivity contribution in [3.05, 3.63) is 79.1 Å². The monoisotopic (exact) mass is 504 g/mol. The summed E-state index contributed by atoms with van der Waals surface area (Å²) in [5.41, 5.74) is 1.95. The van der Waals surface area contributed by atoms with Crippen molar-refractivity contribution in [2.75, 3.05) is 0 Å². The van der Waals surface area contributed by atoms with E-state index in [0.29, 0.717) is 0 Å². The van der Waals surface area contributed by atoms with E-state index in [-0.39, 0.29) is 0 Å². The average Bonchev–Trinajstić information content (AvgIpc) is 2.73. The van der Waals surface area contributed by atoms with Crippen LogP contribution < -0.4 is 3.58 Å². The summed E-state index contributed by atoms with van der Waals surface area (Å²) < 4.78 is 2.23. The molecule has 4 aromatic rings. The molecule has 0 N–H and O–H groups in total. The van der Waals surface area contributed by atoms with E-state index in [9.17, 15) is 0 Å². The first-order chi connectivity index (χ1) is 13.1. The van der Waals surface area contributed by atoms with Gasteiger partial charge in [-0.2, -0.15) is 0 Å². The van der Waals surface area contributed by atoms with Crippen LogP contribution in [0.3, 0.4) is 0 Å². The van der Waals surface area contributed by atoms with Gasteiger partial charge >= 0.3 is 92.1 Å². The number of hydrogen-bond donors (Lipinski definition) is 0. The molecule has 0 atom stereocenters. The Morgan fingerprint density at radius 2 is 1.30 bits per heavy atom. The van der Waals surface area contributed by atoms with Gasteiger partial charge in [0.15, 0.2) is 0 Å². The van der Waals surface area contributed by atoms with Crippen LogP contribution in [-0.4, -0.2) is 26.1 Å². The van der Waals surface area contributed by atoms with Crippen molar-refractivity contribution in [3.63, 3.8) is 0 Å². The molecule has 0 amide bonds. The molecule has 2 heterocycles. The number of pyridine rings is 2. The van der Waals surface area contributed by atoms with Gasteiger partial charge in [-0.25, -0.2) is 0 Å². The zero-order valence-electron chi connectivity index (χ0n) is 15.3. The molecule has 0 saturated carbocycles. The standard InChI is InChI=1S/C12H8N2.C6H5.C4H9.2ClH.Sn/c1-3-9-5-6-10-4-2-8-14-12(10)11(9)13-7-1;1-2-4-6-5-3-1;1-3-4-2;;;/h1-8H;1-5H;1,3-4H2,2H3;2*1H;/q;;;;;+2/p-2. The summed E-state index contributed by atoms with van der Waals surface area (Å²) in [4.78, 5) is 8.69. The Balaban J connectivity index is 0.000000157. The Hall–Kier alpha value is -1.36. The number of fused-ring (bicyclic) bond motifs is 3. The van der Waals surface area contributed by atoms with Crippen LogP contribution in [0.5, 0.6) is 0 Å². The zero-order chi connectivity index (χ0) is 19.1. The van der Waals surface area contributed by atoms with Crippen molar-refractivity contribution >= 4 is 59.4 Å². The third-order valence-electron chi connectivity index (χ3n) is 4.39. The molecule has 0 aliphatic heterocycles. The van der Waals surface area contributed by atoms with Crippen LogP contribution in [0.1, 0.15) is 19.8 Å². The van der Waals surface area contributed by atoms with Gasteiger partial charge in [0.05, 0.1) is 11.0 Å². The summed E-state index contributed by atoms with van der Waals surface area (Å²) in [6.07, 6.45) is 5.93. The first-order valence-electron chi connectivity index (χ1n) is 9.13. The van der Waals surface area contributed by atoms with Gasteiger partial charge in [0.1, 0.15) is 0 Å². The second-order valence-electron chi connectivity index (χ2n) is 6.39. The molecule has 4 rings (SSSR count). The van der Waals surface area contributed by atoms with Crippen LogP contribution in [0.25, 0.3) is 21.8 Å². The number of rotatable bonds is 4. The van der Waals surface area contributed by atoms with Crippen LogP contribution in [0.15, 0.2) is 79.1 Å². The molecular weight excluding hydrogens is 482 g/mol. The summed E-state index contributed by atoms with van der Waals surface area (Å²) in [6.45, 7) is 2.17. The minimum Gasteiger partial charge on any atom is -0.254 e. The molecule has 0 radical (unpaired) electrons. The number of nitrogens with zero attached hydrogens (tertiary/aromatic N) is 2. The molecule has 27 heavy (non-hydrogen) atoms. The molecule has 2 nitrogen and oxygen atoms in total. The molecule has 0 spiro atoms. The van der Waals surface area contributed by atoms with E-state index in [1.165, 1.54) is 10.0 Å². The number of halogens is 2. The fourth-order valence-electron chi connectivity index (χ4n) is 2.90. The molecule has 0 aliphatic rings. The van der Waals surface area contributed by atoms with Gasteiger partial charge in [-0.3, -0.25) is 9.97 Å². The molecule has 0 fully saturated rings. The van der Waals surface area contributed by atoms with Gasteiger partial charge in [0, 0.05) is 23.2 Å². The Morgan fingerprint density at radius 1 is 0.741 bits per heavy atom. The first-order valence-corrected chi connectivity index (χ1v) is 19.8. The number of aromatic nitrogens is 2. The molecule has 2 aromatic carbocycles. The quantitative estimate of drug-likeness (QED) is 0.238. The maximum atomic E-state index is 6.42. The van der Waals surface area contributed by atoms with Crippen LogP contribution >= 0.6 is 17.8 Å². The fourth-order valence-corrected chi connectivity index (χ4v) is 11.4. The number of benzene rings is 2. The van der Waals surface area contributed by atoms with Gasteiger partial charge < -0.3 is 0 Å². The summed E-state index contributed by atoms with van der Waals surface area (Å²) in [6, 6.07) is 22.3. The molecule has 2 aromatic heterocycles. The van der Waals surface area contributed by atoms with Gasteiger partial charge in [-0.05, 0) is 12.1 Å². The van der Waals surface area contributed by atoms with Gasteiger partial charge in [-0.1, -0.05) is 24.3 Å². The normalized spacial score (nSPS) is 11.2. The van der Waals surface area contributed by atoms with Gasteiger partial charge in [0.25, 0.3) is 0 Å². The van der Waals surface area contributed by atoms with Crippen LogP contribution in [0.4, 0.5) is 0 Å². The number of unbranched alkanes of at least 4 members (excludes halogenated alkanes) is 1. The van der Waals surface area contributed by atoms with Gasteiger partial charge in [-0.15, -0.1) is 0 Å². The first kappa shape index (κ1) is 20.4. The van der Waals surface area contributed by atoms with Crippen LogP contribution in [0.2, 0.25) is 4.44 Å². The molecular formula is C22H22Cl2N2Sn. The molecule has 138 valence electrons. The SMILES string of the molecule is CCC[CH2][Sn]([Cl])([Cl])[c]1ccccc1.c1cnc2c(c1)ccc1cccnc12. The summed E-state index contributed by atoms with van der Waals surface area (Å²) in [7, 11) is 12.8. The van der Waals surface area contributed by atoms with Crippen molar-refractivity contribution in [2.24, 2.45) is 0 Å². The molecule has 0 bridgehead atoms. The van der Waals surface area contributed by atoms with E-state index >= 15 is 0 Å². The average molecular weight is 504 g/mol. The summed E-state index contributed by atoms with van der Waals surface area (Å²) in [5.74, 6) is 0. The van der Waals surface area contributed by atoms with E-state index in [2.05, 4.69) is 53.3 Å². The van der Waals surface area contributed by atoms with E-state index in [4.69, 9.17) is 17.8 Å². The smallest absolute Gasteiger partial charge is 0.0964 e. The third-order valence-corrected chi connectivity index (χ3v) is 16.0. The van der Waals surface area contributed by atoms with Crippen molar-refractivity contribution in [1.82, 2.24) is 9.97 Å². The molecule has 0 unspecified atom stereocenters. The second kappa shape index (κ2) is 9.72. The molecule has 5 heteroatoms. The fraction of sp³-hybridized carbons (Fsp3) is 0.182. The summed E-state index contributed by atoms with van der Waals surface area (Å²) in [5, 5.41) is 2.28. The molecule has 0 aliphatic carbocycles. The maximum absolute atomic E-state index is 6.42. The van der Waals surface area contributed by atoms with Crippen molar-refractivity contribution in [3.8, 4) is 0 Å². The third kappa shape index (κ3) is 5.34. The Bertz CT molecular complexity index is 952. The van der Waals surface area contributed by atoms with Crippen molar-refractivity contribution < 1.29 is 0 Å². The minimum atomic E-state index is -2.90. The van der Waals surface area contributed by atoms with E-state index < -0.39 is 16.1 Å². The minimum absolute atomic E-state index is 0.977. The second-order valence-corrected chi connectivity index (χ2v) is 23.4. The largest absolute Gasteiger partial charge is 0.254 e. The Kier molecular flexibility index (Phi) is 7.33. The predicted molar refractivity (Wildman–Crippen MR) is 120 cm³/mol. The topological polar surface area (TPSA) is 25.8 Å². The Labute approximate surface area is 171 Å². The predicted octanol–water partition coefficient (Wildman–Crippen LogP) is 6.40. The van der Waals surface area contributed by atoms with Crippen molar-refractivity contribution in [2.45, 2.75) is 24.2 Å². The van der Waals surface area contributed by atoms with E-state index in [0.717, 1.165) is 32.7 Å².